The van der Waals surface area contributed by atoms with Gasteiger partial charge in [0.2, 0.25) is 0 Å². The van der Waals surface area contributed by atoms with E-state index in [9.17, 15) is 0 Å². The number of pyridine rings is 1. The quantitative estimate of drug-likeness (QED) is 0.697. The molecule has 1 aromatic carbocycles. The third-order valence-corrected chi connectivity index (χ3v) is 4.89. The number of rotatable bonds is 4. The third kappa shape index (κ3) is 3.41. The summed E-state index contributed by atoms with van der Waals surface area (Å²) in [6.07, 6.45) is 6.02. The summed E-state index contributed by atoms with van der Waals surface area (Å²) in [6.45, 7) is 3.19. The summed E-state index contributed by atoms with van der Waals surface area (Å²) in [5, 5.41) is 0. The van der Waals surface area contributed by atoms with Crippen molar-refractivity contribution in [1.82, 2.24) is 9.88 Å². The molecule has 3 aromatic rings. The fourth-order valence-corrected chi connectivity index (χ4v) is 3.51. The molecule has 0 unspecified atom stereocenters. The zero-order valence-corrected chi connectivity index (χ0v) is 13.8. The van der Waals surface area contributed by atoms with Crippen LogP contribution in [0, 0.1) is 0 Å². The van der Waals surface area contributed by atoms with Crippen molar-refractivity contribution >= 4 is 0 Å². The van der Waals surface area contributed by atoms with Crippen LogP contribution in [0.3, 0.4) is 0 Å². The summed E-state index contributed by atoms with van der Waals surface area (Å²) < 4.78 is 5.46. The molecule has 1 fully saturated rings. The van der Waals surface area contributed by atoms with E-state index in [0.29, 0.717) is 5.92 Å². The first kappa shape index (κ1) is 15.2. The normalized spacial score (nSPS) is 16.3. The van der Waals surface area contributed by atoms with Crippen molar-refractivity contribution in [3.8, 4) is 11.3 Å². The van der Waals surface area contributed by atoms with Crippen molar-refractivity contribution in [1.29, 1.82) is 0 Å². The van der Waals surface area contributed by atoms with E-state index in [4.69, 9.17) is 4.42 Å². The lowest BCUT2D eigenvalue weighted by Crippen LogP contribution is -2.32. The van der Waals surface area contributed by atoms with Gasteiger partial charge in [-0.1, -0.05) is 30.3 Å². The predicted octanol–water partition coefficient (Wildman–Crippen LogP) is 4.72. The summed E-state index contributed by atoms with van der Waals surface area (Å²) in [4.78, 5) is 6.90. The highest BCUT2D eigenvalue weighted by atomic mass is 16.3. The summed E-state index contributed by atoms with van der Waals surface area (Å²) >= 11 is 0. The first-order chi connectivity index (χ1) is 11.9. The Bertz CT molecular complexity index is 742. The summed E-state index contributed by atoms with van der Waals surface area (Å²) in [5.74, 6) is 1.73. The molecule has 0 bridgehead atoms. The fourth-order valence-electron chi connectivity index (χ4n) is 3.51. The van der Waals surface area contributed by atoms with Crippen LogP contribution in [0.15, 0.2) is 71.5 Å². The summed E-state index contributed by atoms with van der Waals surface area (Å²) in [6, 6.07) is 19.0. The third-order valence-electron chi connectivity index (χ3n) is 4.89. The molecular weight excluding hydrogens is 296 g/mol. The molecule has 0 spiro atoms. The van der Waals surface area contributed by atoms with Crippen LogP contribution in [0.2, 0.25) is 0 Å². The Morgan fingerprint density at radius 3 is 2.46 bits per heavy atom. The number of hydrogen-bond donors (Lipinski definition) is 0. The maximum absolute atomic E-state index is 5.46. The van der Waals surface area contributed by atoms with E-state index < -0.39 is 0 Å². The minimum absolute atomic E-state index is 0.663. The Morgan fingerprint density at radius 1 is 0.958 bits per heavy atom. The van der Waals surface area contributed by atoms with Crippen LogP contribution >= 0.6 is 0 Å². The second-order valence-corrected chi connectivity index (χ2v) is 6.47. The highest BCUT2D eigenvalue weighted by Gasteiger charge is 2.21. The van der Waals surface area contributed by atoms with Crippen molar-refractivity contribution in [2.24, 2.45) is 0 Å². The minimum Gasteiger partial charge on any atom is -0.468 e. The van der Waals surface area contributed by atoms with Gasteiger partial charge in [-0.05, 0) is 61.7 Å². The first-order valence-electron chi connectivity index (χ1n) is 8.64. The molecule has 0 radical (unpaired) electrons. The van der Waals surface area contributed by atoms with E-state index >= 15 is 0 Å². The molecule has 3 heteroatoms. The Balaban J connectivity index is 1.37. The lowest BCUT2D eigenvalue weighted by molar-refractivity contribution is 0.191. The molecule has 3 nitrogen and oxygen atoms in total. The number of furan rings is 1. The molecule has 0 saturated carbocycles. The van der Waals surface area contributed by atoms with Gasteiger partial charge in [-0.15, -0.1) is 0 Å². The molecule has 1 aliphatic heterocycles. The second kappa shape index (κ2) is 7.02. The number of hydrogen-bond acceptors (Lipinski definition) is 3. The second-order valence-electron chi connectivity index (χ2n) is 6.47. The van der Waals surface area contributed by atoms with Crippen LogP contribution in [0.1, 0.15) is 30.1 Å². The lowest BCUT2D eigenvalue weighted by Gasteiger charge is -2.31. The van der Waals surface area contributed by atoms with Crippen LogP contribution < -0.4 is 0 Å². The number of aromatic nitrogens is 1. The Labute approximate surface area is 143 Å². The van der Waals surface area contributed by atoms with Gasteiger partial charge in [0.1, 0.15) is 5.76 Å². The lowest BCUT2D eigenvalue weighted by atomic mass is 9.89. The van der Waals surface area contributed by atoms with Crippen LogP contribution in [-0.2, 0) is 6.54 Å². The van der Waals surface area contributed by atoms with Gasteiger partial charge in [-0.2, -0.15) is 0 Å². The van der Waals surface area contributed by atoms with E-state index in [2.05, 4.69) is 46.3 Å². The molecule has 0 N–H and O–H groups in total. The summed E-state index contributed by atoms with van der Waals surface area (Å²) in [5.41, 5.74) is 3.68. The number of likely N-dealkylation sites (tertiary alicyclic amines) is 1. The molecule has 122 valence electrons. The molecule has 1 aliphatic rings. The predicted molar refractivity (Wildman–Crippen MR) is 95.6 cm³/mol. The number of nitrogens with zero attached hydrogens (tertiary/aromatic N) is 2. The molecule has 0 atom stereocenters. The van der Waals surface area contributed by atoms with Crippen molar-refractivity contribution in [3.05, 3.63) is 78.4 Å². The van der Waals surface area contributed by atoms with Crippen molar-refractivity contribution in [2.45, 2.75) is 25.3 Å². The van der Waals surface area contributed by atoms with Gasteiger partial charge in [-0.3, -0.25) is 9.88 Å². The molecule has 1 saturated heterocycles. The Hall–Kier alpha value is -2.39. The molecule has 0 amide bonds. The van der Waals surface area contributed by atoms with Crippen molar-refractivity contribution in [3.63, 3.8) is 0 Å². The molecule has 3 heterocycles. The van der Waals surface area contributed by atoms with E-state index in [1.54, 1.807) is 6.26 Å². The zero-order chi connectivity index (χ0) is 16.2. The van der Waals surface area contributed by atoms with Gasteiger partial charge >= 0.3 is 0 Å². The standard InChI is InChI=1S/C21H22N2O/c1-2-12-22-21(5-1)19-8-6-17(7-9-19)18-10-13-23(14-11-18)16-20-4-3-15-24-20/h1-9,12,15,18H,10-11,13-14,16H2. The van der Waals surface area contributed by atoms with E-state index in [1.807, 2.05) is 24.4 Å². The highest BCUT2D eigenvalue weighted by Crippen LogP contribution is 2.30. The monoisotopic (exact) mass is 318 g/mol. The SMILES string of the molecule is c1ccc(-c2ccc(C3CCN(Cc4ccco4)CC3)cc2)nc1. The molecule has 24 heavy (non-hydrogen) atoms. The van der Waals surface area contributed by atoms with Gasteiger partial charge in [0.05, 0.1) is 18.5 Å². The zero-order valence-electron chi connectivity index (χ0n) is 13.8. The number of benzene rings is 1. The average molecular weight is 318 g/mol. The Morgan fingerprint density at radius 2 is 1.79 bits per heavy atom. The maximum Gasteiger partial charge on any atom is 0.117 e. The van der Waals surface area contributed by atoms with E-state index in [0.717, 1.165) is 31.1 Å². The first-order valence-corrected chi connectivity index (χ1v) is 8.64. The topological polar surface area (TPSA) is 29.3 Å². The van der Waals surface area contributed by atoms with Gasteiger partial charge < -0.3 is 4.42 Å². The molecule has 4 rings (SSSR count). The smallest absolute Gasteiger partial charge is 0.117 e. The van der Waals surface area contributed by atoms with E-state index in [1.165, 1.54) is 24.0 Å². The highest BCUT2D eigenvalue weighted by molar-refractivity contribution is 5.59. The van der Waals surface area contributed by atoms with Crippen LogP contribution in [0.4, 0.5) is 0 Å². The molecule has 2 aromatic heterocycles. The van der Waals surface area contributed by atoms with Gasteiger partial charge in [0, 0.05) is 11.8 Å². The fraction of sp³-hybridized carbons (Fsp3) is 0.286. The van der Waals surface area contributed by atoms with Gasteiger partial charge in [0.15, 0.2) is 0 Å². The van der Waals surface area contributed by atoms with Crippen molar-refractivity contribution in [2.75, 3.05) is 13.1 Å². The number of piperidine rings is 1. The average Bonchev–Trinajstić information content (AvgIpc) is 3.16. The molecule has 0 aliphatic carbocycles. The Kier molecular flexibility index (Phi) is 4.43. The van der Waals surface area contributed by atoms with Crippen molar-refractivity contribution < 1.29 is 4.42 Å². The van der Waals surface area contributed by atoms with Crippen LogP contribution in [0.25, 0.3) is 11.3 Å². The van der Waals surface area contributed by atoms with E-state index in [-0.39, 0.29) is 0 Å². The molecular formula is C21H22N2O. The largest absolute Gasteiger partial charge is 0.468 e. The summed E-state index contributed by atoms with van der Waals surface area (Å²) in [7, 11) is 0. The minimum atomic E-state index is 0.663. The van der Waals surface area contributed by atoms with Crippen LogP contribution in [0.5, 0.6) is 0 Å². The van der Waals surface area contributed by atoms with Gasteiger partial charge in [-0.25, -0.2) is 0 Å². The van der Waals surface area contributed by atoms with Crippen LogP contribution in [-0.4, -0.2) is 23.0 Å². The maximum atomic E-state index is 5.46. The van der Waals surface area contributed by atoms with Gasteiger partial charge in [0.25, 0.3) is 0 Å².